The van der Waals surface area contributed by atoms with E-state index in [4.69, 9.17) is 14.2 Å². The summed E-state index contributed by atoms with van der Waals surface area (Å²) in [4.78, 5) is 69.7. The molecule has 206 valence electrons. The van der Waals surface area contributed by atoms with E-state index in [1.165, 1.54) is 17.0 Å². The van der Waals surface area contributed by atoms with Gasteiger partial charge in [0.2, 0.25) is 0 Å². The number of carbonyl (C=O) groups is 5. The molecule has 11 nitrogen and oxygen atoms in total. The van der Waals surface area contributed by atoms with Crippen molar-refractivity contribution in [3.63, 3.8) is 0 Å². The molecule has 2 aliphatic heterocycles. The fourth-order valence-electron chi connectivity index (χ4n) is 4.67. The fourth-order valence-corrected chi connectivity index (χ4v) is 4.67. The van der Waals surface area contributed by atoms with E-state index in [0.29, 0.717) is 0 Å². The number of benzene rings is 2. The van der Waals surface area contributed by atoms with Gasteiger partial charge in [-0.3, -0.25) is 19.4 Å². The molecular formula is C28H31N3O8. The molecule has 0 radical (unpaired) electrons. The quantitative estimate of drug-likeness (QED) is 0.324. The Morgan fingerprint density at radius 1 is 0.872 bits per heavy atom. The van der Waals surface area contributed by atoms with E-state index < -0.39 is 47.7 Å². The number of carbonyl (C=O) groups excluding carboxylic acids is 5. The van der Waals surface area contributed by atoms with Gasteiger partial charge in [-0.2, -0.15) is 0 Å². The molecule has 2 aromatic rings. The summed E-state index contributed by atoms with van der Waals surface area (Å²) in [6.07, 6.45) is -1.57. The van der Waals surface area contributed by atoms with Gasteiger partial charge in [-0.25, -0.2) is 14.4 Å². The standard InChI is InChI=1S/C28H31N3O8/c1-27(2,3)39-25(35)29-14-15-31(26(36)38-16-19-10-6-5-7-11-19)28(17-29,24(34)37-4)18-30-22(32)20-12-8-9-13-21(20)23(30)33/h5-13H,14-18H2,1-4H3. The van der Waals surface area contributed by atoms with E-state index in [-0.39, 0.29) is 37.4 Å². The molecule has 0 N–H and O–H groups in total. The lowest BCUT2D eigenvalue weighted by atomic mass is 9.92. The number of amides is 4. The van der Waals surface area contributed by atoms with Gasteiger partial charge in [0, 0.05) is 13.1 Å². The lowest BCUT2D eigenvalue weighted by Gasteiger charge is -2.48. The molecule has 4 amide bonds. The minimum absolute atomic E-state index is 0.0240. The maximum Gasteiger partial charge on any atom is 0.411 e. The van der Waals surface area contributed by atoms with Crippen LogP contribution in [0, 0.1) is 0 Å². The molecule has 39 heavy (non-hydrogen) atoms. The van der Waals surface area contributed by atoms with Crippen molar-refractivity contribution < 1.29 is 38.2 Å². The molecule has 1 atom stereocenters. The van der Waals surface area contributed by atoms with Gasteiger partial charge < -0.3 is 19.1 Å². The third-order valence-corrected chi connectivity index (χ3v) is 6.50. The first kappa shape index (κ1) is 27.6. The molecule has 0 aliphatic carbocycles. The van der Waals surface area contributed by atoms with Crippen molar-refractivity contribution >= 4 is 30.0 Å². The molecule has 2 aromatic carbocycles. The zero-order valence-electron chi connectivity index (χ0n) is 22.3. The minimum Gasteiger partial charge on any atom is -0.467 e. The average molecular weight is 538 g/mol. The van der Waals surface area contributed by atoms with Crippen LogP contribution in [0.5, 0.6) is 0 Å². The smallest absolute Gasteiger partial charge is 0.411 e. The van der Waals surface area contributed by atoms with Gasteiger partial charge in [0.05, 0.1) is 31.3 Å². The Bertz CT molecular complexity index is 1250. The highest BCUT2D eigenvalue weighted by molar-refractivity contribution is 6.21. The topological polar surface area (TPSA) is 123 Å². The number of esters is 1. The van der Waals surface area contributed by atoms with Crippen molar-refractivity contribution in [2.24, 2.45) is 0 Å². The molecular weight excluding hydrogens is 506 g/mol. The van der Waals surface area contributed by atoms with E-state index in [1.54, 1.807) is 57.2 Å². The van der Waals surface area contributed by atoms with Crippen molar-refractivity contribution in [3.8, 4) is 0 Å². The minimum atomic E-state index is -1.95. The second-order valence-electron chi connectivity index (χ2n) is 10.4. The number of hydrogen-bond acceptors (Lipinski definition) is 8. The van der Waals surface area contributed by atoms with Crippen LogP contribution >= 0.6 is 0 Å². The number of imide groups is 1. The number of rotatable bonds is 5. The van der Waals surface area contributed by atoms with E-state index in [1.807, 2.05) is 6.07 Å². The van der Waals surface area contributed by atoms with E-state index >= 15 is 0 Å². The van der Waals surface area contributed by atoms with Crippen LogP contribution in [0.15, 0.2) is 54.6 Å². The highest BCUT2D eigenvalue weighted by Gasteiger charge is 2.56. The van der Waals surface area contributed by atoms with Gasteiger partial charge in [-0.15, -0.1) is 0 Å². The van der Waals surface area contributed by atoms with Crippen molar-refractivity contribution in [3.05, 3.63) is 71.3 Å². The zero-order valence-corrected chi connectivity index (χ0v) is 22.3. The average Bonchev–Trinajstić information content (AvgIpc) is 3.15. The molecule has 0 spiro atoms. The summed E-state index contributed by atoms with van der Waals surface area (Å²) in [5, 5.41) is 0. The number of nitrogens with zero attached hydrogens (tertiary/aromatic N) is 3. The molecule has 1 unspecified atom stereocenters. The Kier molecular flexibility index (Phi) is 7.62. The molecule has 1 saturated heterocycles. The van der Waals surface area contributed by atoms with Crippen LogP contribution < -0.4 is 0 Å². The number of hydrogen-bond donors (Lipinski definition) is 0. The molecule has 4 rings (SSSR count). The van der Waals surface area contributed by atoms with Gasteiger partial charge in [-0.1, -0.05) is 42.5 Å². The van der Waals surface area contributed by atoms with Crippen LogP contribution in [0.4, 0.5) is 9.59 Å². The van der Waals surface area contributed by atoms with Crippen LogP contribution in [0.25, 0.3) is 0 Å². The monoisotopic (exact) mass is 537 g/mol. The maximum atomic E-state index is 13.5. The molecule has 0 bridgehead atoms. The van der Waals surface area contributed by atoms with Crippen LogP contribution in [0.2, 0.25) is 0 Å². The van der Waals surface area contributed by atoms with Gasteiger partial charge in [0.25, 0.3) is 11.8 Å². The molecule has 2 heterocycles. The second-order valence-corrected chi connectivity index (χ2v) is 10.4. The van der Waals surface area contributed by atoms with E-state index in [0.717, 1.165) is 22.5 Å². The van der Waals surface area contributed by atoms with Crippen LogP contribution in [-0.2, 0) is 25.6 Å². The molecule has 11 heteroatoms. The Morgan fingerprint density at radius 3 is 2.03 bits per heavy atom. The third-order valence-electron chi connectivity index (χ3n) is 6.50. The van der Waals surface area contributed by atoms with Crippen LogP contribution in [-0.4, -0.2) is 89.1 Å². The zero-order chi connectivity index (χ0) is 28.4. The van der Waals surface area contributed by atoms with Gasteiger partial charge >= 0.3 is 18.2 Å². The Labute approximate surface area is 226 Å². The molecule has 1 fully saturated rings. The first-order valence-corrected chi connectivity index (χ1v) is 12.5. The summed E-state index contributed by atoms with van der Waals surface area (Å²) >= 11 is 0. The first-order valence-electron chi connectivity index (χ1n) is 12.5. The number of methoxy groups -OCH3 is 1. The summed E-state index contributed by atoms with van der Waals surface area (Å²) in [5.74, 6) is -2.15. The number of fused-ring (bicyclic) bond motifs is 1. The van der Waals surface area contributed by atoms with Crippen LogP contribution in [0.1, 0.15) is 47.1 Å². The van der Waals surface area contributed by atoms with Crippen molar-refractivity contribution in [1.29, 1.82) is 0 Å². The molecule has 0 saturated carbocycles. The highest BCUT2D eigenvalue weighted by atomic mass is 16.6. The summed E-state index contributed by atoms with van der Waals surface area (Å²) in [5.41, 5.74) is -1.69. The Morgan fingerprint density at radius 2 is 1.46 bits per heavy atom. The predicted octanol–water partition coefficient (Wildman–Crippen LogP) is 3.08. The Hall–Kier alpha value is -4.41. The lowest BCUT2D eigenvalue weighted by Crippen LogP contribution is -2.72. The third kappa shape index (κ3) is 5.57. The first-order chi connectivity index (χ1) is 18.5. The summed E-state index contributed by atoms with van der Waals surface area (Å²) < 4.78 is 16.1. The van der Waals surface area contributed by atoms with E-state index in [2.05, 4.69) is 0 Å². The highest BCUT2D eigenvalue weighted by Crippen LogP contribution is 2.31. The van der Waals surface area contributed by atoms with Crippen molar-refractivity contribution in [2.45, 2.75) is 38.5 Å². The van der Waals surface area contributed by atoms with E-state index in [9.17, 15) is 24.0 Å². The Balaban J connectivity index is 1.70. The normalized spacial score (nSPS) is 19.0. The number of piperazine rings is 1. The predicted molar refractivity (Wildman–Crippen MR) is 138 cm³/mol. The maximum absolute atomic E-state index is 13.5. The summed E-state index contributed by atoms with van der Waals surface area (Å²) in [6, 6.07) is 15.3. The van der Waals surface area contributed by atoms with Crippen molar-refractivity contribution in [2.75, 3.05) is 33.3 Å². The molecule has 2 aliphatic rings. The summed E-state index contributed by atoms with van der Waals surface area (Å²) in [6.45, 7) is 3.99. The van der Waals surface area contributed by atoms with Gasteiger partial charge in [-0.05, 0) is 38.5 Å². The second kappa shape index (κ2) is 10.8. The number of ether oxygens (including phenoxy) is 3. The molecule has 0 aromatic heterocycles. The van der Waals surface area contributed by atoms with Crippen molar-refractivity contribution in [1.82, 2.24) is 14.7 Å². The van der Waals surface area contributed by atoms with Crippen LogP contribution in [0.3, 0.4) is 0 Å². The van der Waals surface area contributed by atoms with Gasteiger partial charge in [0.1, 0.15) is 12.2 Å². The largest absolute Gasteiger partial charge is 0.467 e. The summed E-state index contributed by atoms with van der Waals surface area (Å²) in [7, 11) is 1.13. The SMILES string of the molecule is COC(=O)C1(CN2C(=O)c3ccccc3C2=O)CN(C(=O)OC(C)(C)C)CCN1C(=O)OCc1ccccc1. The lowest BCUT2D eigenvalue weighted by molar-refractivity contribution is -0.159. The fraction of sp³-hybridized carbons (Fsp3) is 0.393. The van der Waals surface area contributed by atoms with Gasteiger partial charge in [0.15, 0.2) is 5.54 Å².